The second-order valence-corrected chi connectivity index (χ2v) is 9.26. The molecule has 0 N–H and O–H groups in total. The second-order valence-electron chi connectivity index (χ2n) is 9.26. The molecular weight excluding hydrogens is 304 g/mol. The van der Waals surface area contributed by atoms with E-state index in [1.807, 2.05) is 62.3 Å². The van der Waals surface area contributed by atoms with Crippen LogP contribution in [0.1, 0.15) is 89.0 Å². The molecule has 0 spiro atoms. The monoisotopic (exact) mass is 341 g/mol. The molecule has 141 valence electrons. The average Bonchev–Trinajstić information content (AvgIpc) is 2.38. The Bertz CT molecular complexity index is 429. The van der Waals surface area contributed by atoms with E-state index in [1.165, 1.54) is 5.92 Å². The Kier molecular flexibility index (Phi) is 8.45. The summed E-state index contributed by atoms with van der Waals surface area (Å²) in [5.41, 5.74) is -2.24. The number of hydrogen-bond acceptors (Lipinski definition) is 4. The molecule has 0 aromatic carbocycles. The Morgan fingerprint density at radius 1 is 0.667 bits per heavy atom. The van der Waals surface area contributed by atoms with Crippen LogP contribution in [0.15, 0.2) is 0 Å². The summed E-state index contributed by atoms with van der Waals surface area (Å²) in [5.74, 6) is 7.63. The van der Waals surface area contributed by atoms with E-state index in [-0.39, 0.29) is 5.60 Å². The highest BCUT2D eigenvalue weighted by atomic mass is 17.2. The molecule has 0 aromatic rings. The molecule has 0 fully saturated rings. The van der Waals surface area contributed by atoms with Crippen molar-refractivity contribution in [2.45, 2.75) is 111 Å². The zero-order valence-electron chi connectivity index (χ0n) is 17.5. The Morgan fingerprint density at radius 3 is 1.54 bits per heavy atom. The fourth-order valence-corrected chi connectivity index (χ4v) is 1.36. The number of rotatable bonds is 7. The van der Waals surface area contributed by atoms with Gasteiger partial charge in [0, 0.05) is 0 Å². The third-order valence-electron chi connectivity index (χ3n) is 2.71. The van der Waals surface area contributed by atoms with Crippen LogP contribution < -0.4 is 0 Å². The van der Waals surface area contributed by atoms with E-state index in [0.29, 0.717) is 0 Å². The lowest BCUT2D eigenvalue weighted by Gasteiger charge is -2.29. The highest BCUT2D eigenvalue weighted by Gasteiger charge is 2.29. The van der Waals surface area contributed by atoms with Crippen molar-refractivity contribution in [1.29, 1.82) is 0 Å². The first-order valence-electron chi connectivity index (χ1n) is 8.61. The van der Waals surface area contributed by atoms with Crippen molar-refractivity contribution >= 4 is 0 Å². The summed E-state index contributed by atoms with van der Waals surface area (Å²) in [6, 6.07) is 0. The maximum absolute atomic E-state index is 5.70. The quantitative estimate of drug-likeness (QED) is 0.352. The average molecular weight is 342 g/mol. The van der Waals surface area contributed by atoms with Crippen LogP contribution in [0.25, 0.3) is 0 Å². The van der Waals surface area contributed by atoms with E-state index >= 15 is 0 Å². The van der Waals surface area contributed by atoms with Crippen LogP contribution in [-0.4, -0.2) is 22.4 Å². The standard InChI is InChI=1S/C20H37O4/c1-16(2)12-13-20(11,24-22-18(6,7)8)15-14-19(9,10)23-21-17(3,4)5/h12-13H2,1-11H3. The zero-order valence-corrected chi connectivity index (χ0v) is 17.5. The van der Waals surface area contributed by atoms with Crippen molar-refractivity contribution < 1.29 is 19.6 Å². The summed E-state index contributed by atoms with van der Waals surface area (Å²) in [6.07, 6.45) is 1.66. The SMILES string of the molecule is C[C](C)CCC(C)(C#CC(C)(C)OOC(C)(C)C)OOC(C)(C)C. The maximum atomic E-state index is 5.70. The zero-order chi connectivity index (χ0) is 19.2. The molecule has 0 rings (SSSR count). The van der Waals surface area contributed by atoms with Crippen molar-refractivity contribution in [3.8, 4) is 11.8 Å². The normalized spacial score (nSPS) is 15.8. The Balaban J connectivity index is 5.09. The largest absolute Gasteiger partial charge is 0.229 e. The van der Waals surface area contributed by atoms with Crippen molar-refractivity contribution in [3.63, 3.8) is 0 Å². The second kappa shape index (κ2) is 8.67. The number of hydrogen-bond donors (Lipinski definition) is 0. The minimum Gasteiger partial charge on any atom is -0.229 e. The van der Waals surface area contributed by atoms with E-state index in [0.717, 1.165) is 12.8 Å². The molecule has 0 saturated carbocycles. The van der Waals surface area contributed by atoms with Gasteiger partial charge in [0.1, 0.15) is 0 Å². The fourth-order valence-electron chi connectivity index (χ4n) is 1.36. The van der Waals surface area contributed by atoms with E-state index in [1.54, 1.807) is 0 Å². The van der Waals surface area contributed by atoms with Crippen LogP contribution in [-0.2, 0) is 19.6 Å². The van der Waals surface area contributed by atoms with Gasteiger partial charge in [-0.05, 0) is 81.1 Å². The molecule has 0 aromatic heterocycles. The summed E-state index contributed by atoms with van der Waals surface area (Å²) < 4.78 is 0. The third kappa shape index (κ3) is 12.8. The first kappa shape index (κ1) is 23.4. The molecule has 0 heterocycles. The summed E-state index contributed by atoms with van der Waals surface area (Å²) in [5, 5.41) is 0. The Labute approximate surface area is 149 Å². The minimum absolute atomic E-state index is 0.387. The fraction of sp³-hybridized carbons (Fsp3) is 0.850. The first-order chi connectivity index (χ1) is 10.5. The predicted molar refractivity (Wildman–Crippen MR) is 97.9 cm³/mol. The smallest absolute Gasteiger partial charge is 0.161 e. The molecule has 0 amide bonds. The van der Waals surface area contributed by atoms with Gasteiger partial charge in [-0.1, -0.05) is 25.7 Å². The van der Waals surface area contributed by atoms with Crippen LogP contribution in [0.4, 0.5) is 0 Å². The molecule has 4 nitrogen and oxygen atoms in total. The van der Waals surface area contributed by atoms with Crippen LogP contribution >= 0.6 is 0 Å². The van der Waals surface area contributed by atoms with Gasteiger partial charge in [-0.25, -0.2) is 19.6 Å². The molecule has 1 atom stereocenters. The van der Waals surface area contributed by atoms with Gasteiger partial charge in [0.25, 0.3) is 0 Å². The first-order valence-corrected chi connectivity index (χ1v) is 8.61. The third-order valence-corrected chi connectivity index (χ3v) is 2.71. The van der Waals surface area contributed by atoms with Gasteiger partial charge in [0.2, 0.25) is 0 Å². The molecule has 4 heteroatoms. The summed E-state index contributed by atoms with van der Waals surface area (Å²) in [7, 11) is 0. The van der Waals surface area contributed by atoms with Gasteiger partial charge in [0.15, 0.2) is 11.2 Å². The topological polar surface area (TPSA) is 36.9 Å². The lowest BCUT2D eigenvalue weighted by atomic mass is 9.95. The van der Waals surface area contributed by atoms with Crippen LogP contribution in [0.3, 0.4) is 0 Å². The van der Waals surface area contributed by atoms with Gasteiger partial charge in [-0.3, -0.25) is 0 Å². The Morgan fingerprint density at radius 2 is 1.12 bits per heavy atom. The van der Waals surface area contributed by atoms with Crippen LogP contribution in [0, 0.1) is 17.8 Å². The van der Waals surface area contributed by atoms with E-state index in [9.17, 15) is 0 Å². The van der Waals surface area contributed by atoms with Crippen LogP contribution in [0.2, 0.25) is 0 Å². The highest BCUT2D eigenvalue weighted by Crippen LogP contribution is 2.25. The summed E-state index contributed by atoms with van der Waals surface area (Å²) in [6.45, 7) is 21.5. The lowest BCUT2D eigenvalue weighted by molar-refractivity contribution is -0.390. The Hall–Kier alpha value is -0.600. The van der Waals surface area contributed by atoms with Gasteiger partial charge in [0.05, 0.1) is 11.2 Å². The van der Waals surface area contributed by atoms with E-state index in [2.05, 4.69) is 25.7 Å². The molecular formula is C20H37O4. The highest BCUT2D eigenvalue weighted by molar-refractivity contribution is 5.19. The molecule has 1 unspecified atom stereocenters. The van der Waals surface area contributed by atoms with Crippen molar-refractivity contribution in [2.24, 2.45) is 0 Å². The molecule has 0 saturated heterocycles. The maximum Gasteiger partial charge on any atom is 0.161 e. The molecule has 24 heavy (non-hydrogen) atoms. The van der Waals surface area contributed by atoms with E-state index in [4.69, 9.17) is 19.6 Å². The van der Waals surface area contributed by atoms with Crippen molar-refractivity contribution in [3.05, 3.63) is 5.92 Å². The molecule has 1 radical (unpaired) electrons. The van der Waals surface area contributed by atoms with Gasteiger partial charge in [-0.2, -0.15) is 0 Å². The van der Waals surface area contributed by atoms with Crippen molar-refractivity contribution in [2.75, 3.05) is 0 Å². The van der Waals surface area contributed by atoms with E-state index < -0.39 is 16.8 Å². The summed E-state index contributed by atoms with van der Waals surface area (Å²) in [4.78, 5) is 22.1. The van der Waals surface area contributed by atoms with Gasteiger partial charge in [-0.15, -0.1) is 0 Å². The predicted octanol–water partition coefficient (Wildman–Crippen LogP) is 5.41. The van der Waals surface area contributed by atoms with Gasteiger partial charge >= 0.3 is 0 Å². The molecule has 0 bridgehead atoms. The summed E-state index contributed by atoms with van der Waals surface area (Å²) >= 11 is 0. The molecule has 0 aliphatic rings. The minimum atomic E-state index is -0.745. The van der Waals surface area contributed by atoms with Crippen molar-refractivity contribution in [1.82, 2.24) is 0 Å². The molecule has 0 aliphatic heterocycles. The van der Waals surface area contributed by atoms with Crippen LogP contribution in [0.5, 0.6) is 0 Å². The molecule has 0 aliphatic carbocycles. The van der Waals surface area contributed by atoms with Gasteiger partial charge < -0.3 is 0 Å². The lowest BCUT2D eigenvalue weighted by Crippen LogP contribution is -2.34.